The molecule has 0 radical (unpaired) electrons. The van der Waals surface area contributed by atoms with Crippen LogP contribution in [0.1, 0.15) is 26.6 Å². The van der Waals surface area contributed by atoms with Crippen LogP contribution in [0, 0.1) is 13.8 Å². The van der Waals surface area contributed by atoms with Gasteiger partial charge < -0.3 is 0 Å². The Balaban J connectivity index is 1.44. The van der Waals surface area contributed by atoms with Gasteiger partial charge in [0.15, 0.2) is 4.34 Å². The van der Waals surface area contributed by atoms with Crippen LogP contribution in [0.3, 0.4) is 0 Å². The average molecular weight is 439 g/mol. The highest BCUT2D eigenvalue weighted by Crippen LogP contribution is 2.32. The standard InChI is InChI=1S/C21H18N4OS3/c1-13-8-10-15(11-9-13)12-27-21-25-24-20(29-21)23-19(26)17-18(28-14(2)22-17)16-6-4-3-5-7-16/h3-11H,12H2,1-2H3,(H,23,24,26). The number of benzene rings is 2. The highest BCUT2D eigenvalue weighted by molar-refractivity contribution is 8.00. The molecule has 5 nitrogen and oxygen atoms in total. The number of nitrogens with one attached hydrogen (secondary N) is 1. The zero-order valence-electron chi connectivity index (χ0n) is 15.9. The van der Waals surface area contributed by atoms with E-state index in [1.807, 2.05) is 37.3 Å². The summed E-state index contributed by atoms with van der Waals surface area (Å²) in [5, 5.41) is 12.5. The van der Waals surface area contributed by atoms with Crippen LogP contribution in [0.5, 0.6) is 0 Å². The van der Waals surface area contributed by atoms with Crippen molar-refractivity contribution in [1.82, 2.24) is 15.2 Å². The number of carbonyl (C=O) groups excluding carboxylic acids is 1. The molecule has 0 saturated heterocycles. The normalized spacial score (nSPS) is 10.8. The number of amides is 1. The van der Waals surface area contributed by atoms with Gasteiger partial charge in [0.05, 0.1) is 9.88 Å². The third-order valence-electron chi connectivity index (χ3n) is 4.09. The smallest absolute Gasteiger partial charge is 0.277 e. The highest BCUT2D eigenvalue weighted by atomic mass is 32.2. The van der Waals surface area contributed by atoms with Crippen LogP contribution in [0.4, 0.5) is 5.13 Å². The van der Waals surface area contributed by atoms with Gasteiger partial charge in [0, 0.05) is 5.75 Å². The van der Waals surface area contributed by atoms with Gasteiger partial charge in [-0.15, -0.1) is 21.5 Å². The van der Waals surface area contributed by atoms with Gasteiger partial charge in [0.1, 0.15) is 5.69 Å². The third kappa shape index (κ3) is 4.90. The zero-order chi connectivity index (χ0) is 20.2. The topological polar surface area (TPSA) is 67.8 Å². The van der Waals surface area contributed by atoms with E-state index in [1.54, 1.807) is 11.8 Å². The van der Waals surface area contributed by atoms with Gasteiger partial charge in [-0.1, -0.05) is 83.3 Å². The van der Waals surface area contributed by atoms with Crippen molar-refractivity contribution in [3.05, 3.63) is 76.4 Å². The number of aryl methyl sites for hydroxylation is 2. The number of carbonyl (C=O) groups is 1. The Labute approximate surface area is 181 Å². The summed E-state index contributed by atoms with van der Waals surface area (Å²) in [5.41, 5.74) is 3.87. The van der Waals surface area contributed by atoms with Gasteiger partial charge >= 0.3 is 0 Å². The maximum absolute atomic E-state index is 12.8. The van der Waals surface area contributed by atoms with Crippen LogP contribution < -0.4 is 5.32 Å². The number of rotatable bonds is 6. The molecule has 0 bridgehead atoms. The zero-order valence-corrected chi connectivity index (χ0v) is 18.3. The molecule has 1 N–H and O–H groups in total. The van der Waals surface area contributed by atoms with Crippen LogP contribution in [-0.4, -0.2) is 21.1 Å². The summed E-state index contributed by atoms with van der Waals surface area (Å²) < 4.78 is 0.818. The minimum absolute atomic E-state index is 0.264. The molecule has 2 aromatic heterocycles. The molecule has 1 amide bonds. The molecule has 0 unspecified atom stereocenters. The molecule has 4 aromatic rings. The van der Waals surface area contributed by atoms with E-state index in [2.05, 4.69) is 51.7 Å². The number of hydrogen-bond donors (Lipinski definition) is 1. The molecule has 0 aliphatic heterocycles. The molecule has 2 heterocycles. The Morgan fingerprint density at radius 2 is 1.76 bits per heavy atom. The van der Waals surface area contributed by atoms with E-state index >= 15 is 0 Å². The third-order valence-corrected chi connectivity index (χ3v) is 7.16. The number of anilines is 1. The molecule has 0 spiro atoms. The molecule has 0 saturated carbocycles. The van der Waals surface area contributed by atoms with E-state index in [-0.39, 0.29) is 5.91 Å². The first-order valence-corrected chi connectivity index (χ1v) is 11.6. The van der Waals surface area contributed by atoms with Crippen molar-refractivity contribution in [1.29, 1.82) is 0 Å². The van der Waals surface area contributed by atoms with Gasteiger partial charge in [-0.2, -0.15) is 0 Å². The predicted octanol–water partition coefficient (Wildman–Crippen LogP) is 5.82. The Morgan fingerprint density at radius 1 is 1.00 bits per heavy atom. The molecule has 4 rings (SSSR count). The minimum Gasteiger partial charge on any atom is -0.295 e. The van der Waals surface area contributed by atoms with Crippen LogP contribution in [0.25, 0.3) is 10.4 Å². The number of hydrogen-bond acceptors (Lipinski definition) is 7. The number of thiazole rings is 1. The van der Waals surface area contributed by atoms with Crippen molar-refractivity contribution in [2.45, 2.75) is 23.9 Å². The van der Waals surface area contributed by atoms with Gasteiger partial charge in [-0.25, -0.2) is 4.98 Å². The molecule has 8 heteroatoms. The molecule has 2 aromatic carbocycles. The van der Waals surface area contributed by atoms with E-state index in [0.717, 1.165) is 25.5 Å². The summed E-state index contributed by atoms with van der Waals surface area (Å²) >= 11 is 4.49. The van der Waals surface area contributed by atoms with Crippen molar-refractivity contribution in [2.24, 2.45) is 0 Å². The summed E-state index contributed by atoms with van der Waals surface area (Å²) in [6.07, 6.45) is 0. The molecular formula is C21H18N4OS3. The lowest BCUT2D eigenvalue weighted by Crippen LogP contribution is -2.13. The van der Waals surface area contributed by atoms with E-state index in [9.17, 15) is 4.79 Å². The predicted molar refractivity (Wildman–Crippen MR) is 121 cm³/mol. The van der Waals surface area contributed by atoms with Crippen LogP contribution >= 0.6 is 34.4 Å². The number of aromatic nitrogens is 3. The van der Waals surface area contributed by atoms with E-state index in [0.29, 0.717) is 10.8 Å². The molecular weight excluding hydrogens is 420 g/mol. The van der Waals surface area contributed by atoms with Crippen molar-refractivity contribution in [3.8, 4) is 10.4 Å². The minimum atomic E-state index is -0.264. The fourth-order valence-electron chi connectivity index (χ4n) is 2.67. The van der Waals surface area contributed by atoms with E-state index in [4.69, 9.17) is 0 Å². The Morgan fingerprint density at radius 3 is 2.52 bits per heavy atom. The largest absolute Gasteiger partial charge is 0.295 e. The van der Waals surface area contributed by atoms with Crippen LogP contribution in [0.15, 0.2) is 58.9 Å². The van der Waals surface area contributed by atoms with Gasteiger partial charge in [-0.3, -0.25) is 10.1 Å². The second kappa shape index (κ2) is 8.86. The van der Waals surface area contributed by atoms with Crippen LogP contribution in [0.2, 0.25) is 0 Å². The first-order valence-electron chi connectivity index (χ1n) is 8.94. The monoisotopic (exact) mass is 438 g/mol. The maximum Gasteiger partial charge on any atom is 0.277 e. The van der Waals surface area contributed by atoms with Crippen molar-refractivity contribution in [2.75, 3.05) is 5.32 Å². The second-order valence-electron chi connectivity index (χ2n) is 6.38. The average Bonchev–Trinajstić information content (AvgIpc) is 3.34. The number of thioether (sulfide) groups is 1. The van der Waals surface area contributed by atoms with Crippen LogP contribution in [-0.2, 0) is 5.75 Å². The first-order chi connectivity index (χ1) is 14.1. The van der Waals surface area contributed by atoms with E-state index in [1.165, 1.54) is 33.8 Å². The summed E-state index contributed by atoms with van der Waals surface area (Å²) in [7, 11) is 0. The highest BCUT2D eigenvalue weighted by Gasteiger charge is 2.19. The fraction of sp³-hybridized carbons (Fsp3) is 0.143. The molecule has 0 fully saturated rings. The molecule has 0 atom stereocenters. The van der Waals surface area contributed by atoms with Gasteiger partial charge in [-0.05, 0) is 25.0 Å². The quantitative estimate of drug-likeness (QED) is 0.303. The van der Waals surface area contributed by atoms with Crippen molar-refractivity contribution < 1.29 is 4.79 Å². The molecule has 29 heavy (non-hydrogen) atoms. The Bertz CT molecular complexity index is 1120. The number of nitrogens with zero attached hydrogens (tertiary/aromatic N) is 3. The second-order valence-corrected chi connectivity index (χ2v) is 9.78. The lowest BCUT2D eigenvalue weighted by molar-refractivity contribution is 0.102. The lowest BCUT2D eigenvalue weighted by atomic mass is 10.1. The van der Waals surface area contributed by atoms with Crippen molar-refractivity contribution >= 4 is 45.5 Å². The molecule has 146 valence electrons. The molecule has 0 aliphatic carbocycles. The van der Waals surface area contributed by atoms with E-state index < -0.39 is 0 Å². The maximum atomic E-state index is 12.8. The fourth-order valence-corrected chi connectivity index (χ4v) is 5.29. The van der Waals surface area contributed by atoms with Gasteiger partial charge in [0.2, 0.25) is 5.13 Å². The van der Waals surface area contributed by atoms with Gasteiger partial charge in [0.25, 0.3) is 5.91 Å². The molecule has 0 aliphatic rings. The Kier molecular flexibility index (Phi) is 6.03. The summed E-state index contributed by atoms with van der Waals surface area (Å²) in [5.74, 6) is 0.547. The SMILES string of the molecule is Cc1ccc(CSc2nnc(NC(=O)c3nc(C)sc3-c3ccccc3)s2)cc1. The summed E-state index contributed by atoms with van der Waals surface area (Å²) in [6.45, 7) is 3.97. The van der Waals surface area contributed by atoms with Crippen molar-refractivity contribution in [3.63, 3.8) is 0 Å². The lowest BCUT2D eigenvalue weighted by Gasteiger charge is -2.02. The first kappa shape index (κ1) is 19.8. The summed E-state index contributed by atoms with van der Waals surface area (Å²) in [6, 6.07) is 18.2. The Hall–Kier alpha value is -2.55. The summed E-state index contributed by atoms with van der Waals surface area (Å²) in [4.78, 5) is 18.1.